The van der Waals surface area contributed by atoms with Crippen LogP contribution in [0, 0.1) is 5.82 Å². The number of fused-ring (bicyclic) bond motifs is 1. The van der Waals surface area contributed by atoms with Crippen molar-refractivity contribution in [3.8, 4) is 28.4 Å². The number of benzene rings is 1. The molecule has 1 aliphatic heterocycles. The minimum Gasteiger partial charge on any atom is -0.505 e. The van der Waals surface area contributed by atoms with Crippen molar-refractivity contribution in [2.24, 2.45) is 7.05 Å². The van der Waals surface area contributed by atoms with Crippen molar-refractivity contribution >= 4 is 5.82 Å². The first-order chi connectivity index (χ1) is 8.59. The first kappa shape index (κ1) is 10.7. The van der Waals surface area contributed by atoms with Crippen LogP contribution in [0.5, 0.6) is 17.2 Å². The number of phenolic OH excluding ortho intramolecular Hbond substituents is 1. The van der Waals surface area contributed by atoms with E-state index in [-0.39, 0.29) is 29.7 Å². The Balaban J connectivity index is 2.32. The van der Waals surface area contributed by atoms with Gasteiger partial charge in [-0.2, -0.15) is 5.10 Å². The van der Waals surface area contributed by atoms with Crippen LogP contribution in [0.25, 0.3) is 11.1 Å². The fourth-order valence-electron chi connectivity index (χ4n) is 1.89. The van der Waals surface area contributed by atoms with E-state index in [1.54, 1.807) is 7.05 Å². The molecular formula is C11H10FN3O3. The number of nitrogens with zero attached hydrogens (tertiary/aromatic N) is 2. The van der Waals surface area contributed by atoms with E-state index in [4.69, 9.17) is 15.2 Å². The van der Waals surface area contributed by atoms with Crippen LogP contribution in [0.15, 0.2) is 12.3 Å². The van der Waals surface area contributed by atoms with Crippen molar-refractivity contribution < 1.29 is 19.0 Å². The average Bonchev–Trinajstić information content (AvgIpc) is 2.91. The first-order valence-corrected chi connectivity index (χ1v) is 5.18. The van der Waals surface area contributed by atoms with Crippen LogP contribution in [0.2, 0.25) is 0 Å². The van der Waals surface area contributed by atoms with E-state index in [2.05, 4.69) is 5.10 Å². The second-order valence-corrected chi connectivity index (χ2v) is 3.89. The first-order valence-electron chi connectivity index (χ1n) is 5.18. The topological polar surface area (TPSA) is 82.5 Å². The molecule has 0 amide bonds. The molecule has 1 aromatic carbocycles. The third-order valence-electron chi connectivity index (χ3n) is 2.83. The van der Waals surface area contributed by atoms with Crippen LogP contribution >= 0.6 is 0 Å². The number of anilines is 1. The third-order valence-corrected chi connectivity index (χ3v) is 2.83. The fraction of sp³-hybridized carbons (Fsp3) is 0.182. The summed E-state index contributed by atoms with van der Waals surface area (Å²) in [5.74, 6) is -0.536. The maximum atomic E-state index is 14.1. The number of nitrogens with two attached hydrogens (primary N) is 1. The maximum Gasteiger partial charge on any atom is 0.231 e. The number of halogens is 1. The second-order valence-electron chi connectivity index (χ2n) is 3.89. The van der Waals surface area contributed by atoms with E-state index in [1.807, 2.05) is 0 Å². The van der Waals surface area contributed by atoms with Gasteiger partial charge >= 0.3 is 0 Å². The van der Waals surface area contributed by atoms with Gasteiger partial charge in [0.1, 0.15) is 5.82 Å². The number of ether oxygens (including phenoxy) is 2. The van der Waals surface area contributed by atoms with Crippen molar-refractivity contribution in [1.29, 1.82) is 0 Å². The van der Waals surface area contributed by atoms with Crippen molar-refractivity contribution in [2.75, 3.05) is 12.5 Å². The Morgan fingerprint density at radius 1 is 1.50 bits per heavy atom. The van der Waals surface area contributed by atoms with Gasteiger partial charge in [0, 0.05) is 13.1 Å². The smallest absolute Gasteiger partial charge is 0.231 e. The SMILES string of the molecule is Cn1ncc(-c2c(F)c(O)cc3c2OCO3)c1N. The fourth-order valence-corrected chi connectivity index (χ4v) is 1.89. The second kappa shape index (κ2) is 3.52. The molecule has 0 saturated carbocycles. The van der Waals surface area contributed by atoms with Crippen molar-refractivity contribution in [1.82, 2.24) is 9.78 Å². The number of aromatic nitrogens is 2. The zero-order valence-electron chi connectivity index (χ0n) is 9.48. The highest BCUT2D eigenvalue weighted by molar-refractivity contribution is 5.82. The van der Waals surface area contributed by atoms with E-state index in [0.717, 1.165) is 0 Å². The number of phenols is 1. The summed E-state index contributed by atoms with van der Waals surface area (Å²) in [6.07, 6.45) is 1.41. The van der Waals surface area contributed by atoms with Gasteiger partial charge in [-0.25, -0.2) is 4.39 Å². The molecule has 0 aliphatic carbocycles. The molecule has 0 fully saturated rings. The number of hydrogen-bond acceptors (Lipinski definition) is 5. The van der Waals surface area contributed by atoms with Gasteiger partial charge in [0.2, 0.25) is 6.79 Å². The molecule has 1 aliphatic rings. The van der Waals surface area contributed by atoms with Gasteiger partial charge < -0.3 is 20.3 Å². The van der Waals surface area contributed by atoms with Gasteiger partial charge in [0.25, 0.3) is 0 Å². The maximum absolute atomic E-state index is 14.1. The average molecular weight is 251 g/mol. The molecule has 7 heteroatoms. The van der Waals surface area contributed by atoms with Gasteiger partial charge in [-0.05, 0) is 0 Å². The van der Waals surface area contributed by atoms with Gasteiger partial charge in [-0.3, -0.25) is 4.68 Å². The Kier molecular flexibility index (Phi) is 2.09. The minimum absolute atomic E-state index is 0.0224. The number of rotatable bonds is 1. The van der Waals surface area contributed by atoms with E-state index in [9.17, 15) is 9.50 Å². The highest BCUT2D eigenvalue weighted by Gasteiger charge is 2.27. The Labute approximate surface area is 101 Å². The summed E-state index contributed by atoms with van der Waals surface area (Å²) >= 11 is 0. The molecule has 2 aromatic rings. The van der Waals surface area contributed by atoms with Crippen molar-refractivity contribution in [3.05, 3.63) is 18.1 Å². The molecule has 18 heavy (non-hydrogen) atoms. The molecule has 0 bridgehead atoms. The van der Waals surface area contributed by atoms with Crippen LogP contribution < -0.4 is 15.2 Å². The number of aryl methyl sites for hydroxylation is 1. The summed E-state index contributed by atoms with van der Waals surface area (Å²) in [4.78, 5) is 0. The van der Waals surface area contributed by atoms with E-state index < -0.39 is 11.6 Å². The van der Waals surface area contributed by atoms with Crippen LogP contribution in [-0.2, 0) is 7.05 Å². The summed E-state index contributed by atoms with van der Waals surface area (Å²) in [5, 5.41) is 13.5. The molecule has 2 heterocycles. The molecule has 1 aromatic heterocycles. The highest BCUT2D eigenvalue weighted by Crippen LogP contribution is 2.47. The monoisotopic (exact) mass is 251 g/mol. The summed E-state index contributed by atoms with van der Waals surface area (Å²) in [6.45, 7) is -0.0224. The highest BCUT2D eigenvalue weighted by atomic mass is 19.1. The zero-order valence-corrected chi connectivity index (χ0v) is 9.48. The summed E-state index contributed by atoms with van der Waals surface area (Å²) in [6, 6.07) is 1.17. The molecule has 3 rings (SSSR count). The van der Waals surface area contributed by atoms with Crippen LogP contribution in [0.4, 0.5) is 10.2 Å². The molecular weight excluding hydrogens is 241 g/mol. The predicted molar refractivity (Wildman–Crippen MR) is 60.8 cm³/mol. The van der Waals surface area contributed by atoms with Crippen molar-refractivity contribution in [2.45, 2.75) is 0 Å². The quantitative estimate of drug-likeness (QED) is 0.796. The largest absolute Gasteiger partial charge is 0.505 e. The summed E-state index contributed by atoms with van der Waals surface area (Å²) in [7, 11) is 1.64. The molecule has 0 spiro atoms. The van der Waals surface area contributed by atoms with Crippen molar-refractivity contribution in [3.63, 3.8) is 0 Å². The van der Waals surface area contributed by atoms with Crippen LogP contribution in [0.3, 0.4) is 0 Å². The zero-order chi connectivity index (χ0) is 12.9. The number of nitrogen functional groups attached to an aromatic ring is 1. The predicted octanol–water partition coefficient (Wildman–Crippen LogP) is 1.24. The molecule has 0 saturated heterocycles. The van der Waals surface area contributed by atoms with Gasteiger partial charge in [-0.15, -0.1) is 0 Å². The molecule has 94 valence electrons. The minimum atomic E-state index is -0.807. The molecule has 3 N–H and O–H groups in total. The van der Waals surface area contributed by atoms with Crippen LogP contribution in [-0.4, -0.2) is 21.7 Å². The number of hydrogen-bond donors (Lipinski definition) is 2. The van der Waals surface area contributed by atoms with E-state index in [0.29, 0.717) is 5.56 Å². The summed E-state index contributed by atoms with van der Waals surface area (Å²) < 4.78 is 25.8. The Morgan fingerprint density at radius 2 is 2.28 bits per heavy atom. The lowest BCUT2D eigenvalue weighted by Gasteiger charge is -2.08. The number of aromatic hydroxyl groups is 1. The Bertz CT molecular complexity index is 639. The lowest BCUT2D eigenvalue weighted by atomic mass is 10.1. The van der Waals surface area contributed by atoms with Gasteiger partial charge in [0.15, 0.2) is 23.1 Å². The lowest BCUT2D eigenvalue weighted by molar-refractivity contribution is 0.174. The van der Waals surface area contributed by atoms with E-state index in [1.165, 1.54) is 16.9 Å². The van der Waals surface area contributed by atoms with E-state index >= 15 is 0 Å². The van der Waals surface area contributed by atoms with Gasteiger partial charge in [0.05, 0.1) is 17.3 Å². The molecule has 0 unspecified atom stereocenters. The summed E-state index contributed by atoms with van der Waals surface area (Å²) in [5.41, 5.74) is 6.22. The Morgan fingerprint density at radius 3 is 2.94 bits per heavy atom. The molecule has 6 nitrogen and oxygen atoms in total. The lowest BCUT2D eigenvalue weighted by Crippen LogP contribution is -1.99. The molecule has 0 radical (unpaired) electrons. The molecule has 0 atom stereocenters. The standard InChI is InChI=1S/C11H10FN3O3/c1-15-11(13)5(3-14-15)8-9(12)6(16)2-7-10(8)18-4-17-7/h2-3,16H,4,13H2,1H3. The van der Waals surface area contributed by atoms with Gasteiger partial charge in [-0.1, -0.05) is 0 Å². The normalized spacial score (nSPS) is 13.0. The van der Waals surface area contributed by atoms with Crippen LogP contribution in [0.1, 0.15) is 0 Å². The third kappa shape index (κ3) is 1.30. The Hall–Kier alpha value is -2.44.